The molecule has 1 amide bonds. The van der Waals surface area contributed by atoms with Crippen molar-refractivity contribution in [3.8, 4) is 0 Å². The summed E-state index contributed by atoms with van der Waals surface area (Å²) in [7, 11) is 0. The molecule has 82 valence electrons. The molecule has 14 heavy (non-hydrogen) atoms. The zero-order valence-corrected chi connectivity index (χ0v) is 8.94. The Labute approximate surface area is 85.6 Å². The smallest absolute Gasteiger partial charge is 0.227 e. The van der Waals surface area contributed by atoms with Gasteiger partial charge in [0.15, 0.2) is 0 Å². The van der Waals surface area contributed by atoms with Crippen LogP contribution in [0.15, 0.2) is 0 Å². The van der Waals surface area contributed by atoms with Gasteiger partial charge >= 0.3 is 0 Å². The van der Waals surface area contributed by atoms with Crippen LogP contribution in [0.4, 0.5) is 0 Å². The Morgan fingerprint density at radius 2 is 2.36 bits per heavy atom. The normalized spacial score (nSPS) is 26.4. The van der Waals surface area contributed by atoms with Crippen LogP contribution in [0.2, 0.25) is 0 Å². The number of hydrogen-bond donors (Lipinski definition) is 3. The van der Waals surface area contributed by atoms with E-state index in [2.05, 4.69) is 10.6 Å². The van der Waals surface area contributed by atoms with E-state index in [0.717, 1.165) is 38.9 Å². The van der Waals surface area contributed by atoms with Crippen molar-refractivity contribution in [1.82, 2.24) is 10.6 Å². The minimum atomic E-state index is -0.192. The fraction of sp³-hybridized carbons (Fsp3) is 0.900. The van der Waals surface area contributed by atoms with E-state index < -0.39 is 0 Å². The molecule has 0 spiro atoms. The number of unbranched alkanes of at least 4 members (excludes halogenated alkanes) is 1. The second-order valence-corrected chi connectivity index (χ2v) is 4.24. The molecule has 0 aromatic carbocycles. The van der Waals surface area contributed by atoms with Crippen LogP contribution < -0.4 is 16.4 Å². The van der Waals surface area contributed by atoms with Crippen LogP contribution >= 0.6 is 0 Å². The molecule has 0 aliphatic carbocycles. The average Bonchev–Trinajstić information content (AvgIpc) is 2.61. The Bertz CT molecular complexity index is 188. The summed E-state index contributed by atoms with van der Waals surface area (Å²) in [6.45, 7) is 5.23. The summed E-state index contributed by atoms with van der Waals surface area (Å²) in [5.74, 6) is 0.180. The highest BCUT2D eigenvalue weighted by Crippen LogP contribution is 2.24. The van der Waals surface area contributed by atoms with Crippen LogP contribution in [-0.2, 0) is 4.79 Å². The lowest BCUT2D eigenvalue weighted by atomic mass is 9.89. The number of carbonyl (C=O) groups excluding carboxylic acids is 1. The number of amides is 1. The van der Waals surface area contributed by atoms with Gasteiger partial charge in [-0.15, -0.1) is 0 Å². The highest BCUT2D eigenvalue weighted by Gasteiger charge is 2.35. The zero-order chi connectivity index (χ0) is 10.4. The summed E-state index contributed by atoms with van der Waals surface area (Å²) in [5.41, 5.74) is 5.18. The SMILES string of the molecule is CC1(C(=O)NCCCCN)CCNC1. The molecule has 1 aliphatic heterocycles. The molecule has 0 aromatic rings. The van der Waals surface area contributed by atoms with E-state index >= 15 is 0 Å². The second-order valence-electron chi connectivity index (χ2n) is 4.24. The van der Waals surface area contributed by atoms with E-state index in [4.69, 9.17) is 5.73 Å². The van der Waals surface area contributed by atoms with E-state index in [-0.39, 0.29) is 11.3 Å². The lowest BCUT2D eigenvalue weighted by Crippen LogP contribution is -2.40. The largest absolute Gasteiger partial charge is 0.356 e. The van der Waals surface area contributed by atoms with E-state index in [1.165, 1.54) is 0 Å². The maximum absolute atomic E-state index is 11.7. The summed E-state index contributed by atoms with van der Waals surface area (Å²) < 4.78 is 0. The molecule has 0 saturated carbocycles. The zero-order valence-electron chi connectivity index (χ0n) is 8.94. The monoisotopic (exact) mass is 199 g/mol. The van der Waals surface area contributed by atoms with E-state index in [0.29, 0.717) is 6.54 Å². The highest BCUT2D eigenvalue weighted by atomic mass is 16.2. The number of rotatable bonds is 5. The summed E-state index contributed by atoms with van der Waals surface area (Å²) in [6, 6.07) is 0. The highest BCUT2D eigenvalue weighted by molar-refractivity contribution is 5.82. The predicted molar refractivity (Wildman–Crippen MR) is 56.9 cm³/mol. The number of hydrogen-bond acceptors (Lipinski definition) is 3. The molecule has 1 unspecified atom stereocenters. The first-order chi connectivity index (χ1) is 6.69. The number of nitrogens with two attached hydrogens (primary N) is 1. The molecule has 4 nitrogen and oxygen atoms in total. The van der Waals surface area contributed by atoms with Gasteiger partial charge in [0, 0.05) is 13.1 Å². The minimum Gasteiger partial charge on any atom is -0.356 e. The quantitative estimate of drug-likeness (QED) is 0.539. The number of nitrogens with one attached hydrogen (secondary N) is 2. The van der Waals surface area contributed by atoms with Gasteiger partial charge in [-0.25, -0.2) is 0 Å². The van der Waals surface area contributed by atoms with Gasteiger partial charge in [0.05, 0.1) is 5.41 Å². The third kappa shape index (κ3) is 2.96. The molecular weight excluding hydrogens is 178 g/mol. The molecule has 1 aliphatic rings. The second kappa shape index (κ2) is 5.32. The first-order valence-electron chi connectivity index (χ1n) is 5.38. The fourth-order valence-electron chi connectivity index (χ4n) is 1.70. The van der Waals surface area contributed by atoms with Crippen LogP contribution in [-0.4, -0.2) is 32.1 Å². The van der Waals surface area contributed by atoms with Crippen LogP contribution in [0.5, 0.6) is 0 Å². The molecule has 4 heteroatoms. The Morgan fingerprint density at radius 1 is 1.57 bits per heavy atom. The first-order valence-corrected chi connectivity index (χ1v) is 5.38. The Hall–Kier alpha value is -0.610. The molecule has 4 N–H and O–H groups in total. The van der Waals surface area contributed by atoms with E-state index in [9.17, 15) is 4.79 Å². The van der Waals surface area contributed by atoms with Gasteiger partial charge in [0.1, 0.15) is 0 Å². The van der Waals surface area contributed by atoms with Crippen molar-refractivity contribution in [2.24, 2.45) is 11.1 Å². The predicted octanol–water partition coefficient (Wildman–Crippen LogP) is -0.159. The lowest BCUT2D eigenvalue weighted by molar-refractivity contribution is -0.129. The fourth-order valence-corrected chi connectivity index (χ4v) is 1.70. The topological polar surface area (TPSA) is 67.2 Å². The molecule has 1 atom stereocenters. The van der Waals surface area contributed by atoms with Crippen molar-refractivity contribution in [2.45, 2.75) is 26.2 Å². The van der Waals surface area contributed by atoms with Crippen molar-refractivity contribution in [2.75, 3.05) is 26.2 Å². The van der Waals surface area contributed by atoms with Gasteiger partial charge in [0.2, 0.25) is 5.91 Å². The third-order valence-electron chi connectivity index (χ3n) is 2.83. The summed E-state index contributed by atoms with van der Waals surface area (Å²) in [6.07, 6.45) is 2.90. The third-order valence-corrected chi connectivity index (χ3v) is 2.83. The van der Waals surface area contributed by atoms with Crippen LogP contribution in [0.25, 0.3) is 0 Å². The minimum absolute atomic E-state index is 0.180. The van der Waals surface area contributed by atoms with Gasteiger partial charge < -0.3 is 16.4 Å². The summed E-state index contributed by atoms with van der Waals surface area (Å²) in [5, 5.41) is 6.18. The van der Waals surface area contributed by atoms with Gasteiger partial charge in [-0.2, -0.15) is 0 Å². The molecular formula is C10H21N3O. The van der Waals surface area contributed by atoms with Crippen molar-refractivity contribution >= 4 is 5.91 Å². The van der Waals surface area contributed by atoms with Crippen LogP contribution in [0, 0.1) is 5.41 Å². The lowest BCUT2D eigenvalue weighted by Gasteiger charge is -2.21. The molecule has 0 bridgehead atoms. The summed E-state index contributed by atoms with van der Waals surface area (Å²) in [4.78, 5) is 11.7. The van der Waals surface area contributed by atoms with E-state index in [1.54, 1.807) is 0 Å². The number of carbonyl (C=O) groups is 1. The van der Waals surface area contributed by atoms with Gasteiger partial charge in [0.25, 0.3) is 0 Å². The van der Waals surface area contributed by atoms with Gasteiger partial charge in [-0.1, -0.05) is 0 Å². The first kappa shape index (κ1) is 11.5. The van der Waals surface area contributed by atoms with Crippen molar-refractivity contribution in [1.29, 1.82) is 0 Å². The van der Waals surface area contributed by atoms with Gasteiger partial charge in [-0.3, -0.25) is 4.79 Å². The average molecular weight is 199 g/mol. The van der Waals surface area contributed by atoms with Crippen LogP contribution in [0.1, 0.15) is 26.2 Å². The van der Waals surface area contributed by atoms with Crippen molar-refractivity contribution in [3.63, 3.8) is 0 Å². The van der Waals surface area contributed by atoms with Crippen molar-refractivity contribution in [3.05, 3.63) is 0 Å². The molecule has 1 saturated heterocycles. The maximum atomic E-state index is 11.7. The van der Waals surface area contributed by atoms with Crippen molar-refractivity contribution < 1.29 is 4.79 Å². The van der Waals surface area contributed by atoms with Crippen LogP contribution in [0.3, 0.4) is 0 Å². The Kier molecular flexibility index (Phi) is 4.35. The van der Waals surface area contributed by atoms with Gasteiger partial charge in [-0.05, 0) is 39.3 Å². The van der Waals surface area contributed by atoms with E-state index in [1.807, 2.05) is 6.92 Å². The molecule has 0 radical (unpaired) electrons. The standard InChI is InChI=1S/C10H21N3O/c1-10(4-7-12-8-10)9(14)13-6-3-2-5-11/h12H,2-8,11H2,1H3,(H,13,14). The maximum Gasteiger partial charge on any atom is 0.227 e. The Morgan fingerprint density at radius 3 is 2.93 bits per heavy atom. The molecule has 0 aromatic heterocycles. The molecule has 1 heterocycles. The Balaban J connectivity index is 2.20. The molecule has 1 fully saturated rings. The molecule has 1 rings (SSSR count). The summed E-state index contributed by atoms with van der Waals surface area (Å²) >= 11 is 0.